The van der Waals surface area contributed by atoms with Crippen molar-refractivity contribution in [3.05, 3.63) is 88.4 Å². The van der Waals surface area contributed by atoms with Gasteiger partial charge in [-0.2, -0.15) is 0 Å². The number of nitrogens with one attached hydrogen (secondary N) is 2. The fraction of sp³-hybridized carbons (Fsp3) is 0.439. The van der Waals surface area contributed by atoms with Crippen LogP contribution in [0, 0.1) is 5.92 Å². The summed E-state index contributed by atoms with van der Waals surface area (Å²) in [6.45, 7) is 13.0. The number of unbranched alkanes of at least 4 members (excludes halogenated alkanes) is 4. The number of benzene rings is 2. The molecule has 2 aromatic heterocycles. The lowest BCUT2D eigenvalue weighted by molar-refractivity contribution is -0.142. The molecule has 2 amide bonds. The number of hydrogen-bond acceptors (Lipinski definition) is 7. The molecule has 4 aromatic rings. The van der Waals surface area contributed by atoms with E-state index in [1.54, 1.807) is 18.5 Å². The Kier molecular flexibility index (Phi) is 14.3. The quantitative estimate of drug-likeness (QED) is 0.0883. The maximum absolute atomic E-state index is 13.5. The number of carbonyl (C=O) groups excluding carboxylic acids is 2. The second-order valence-electron chi connectivity index (χ2n) is 14.5. The Bertz CT molecular complexity index is 1710. The Labute approximate surface area is 306 Å². The summed E-state index contributed by atoms with van der Waals surface area (Å²) in [5.41, 5.74) is 3.36. The zero-order chi connectivity index (χ0) is 37.0. The number of carbonyl (C=O) groups is 3. The van der Waals surface area contributed by atoms with Crippen LogP contribution in [0.4, 0.5) is 0 Å². The zero-order valence-corrected chi connectivity index (χ0v) is 31.5. The highest BCUT2D eigenvalue weighted by Gasteiger charge is 2.28. The molecule has 3 N–H and O–H groups in total. The molecule has 9 nitrogen and oxygen atoms in total. The van der Waals surface area contributed by atoms with Crippen molar-refractivity contribution in [1.29, 1.82) is 0 Å². The van der Waals surface area contributed by atoms with Crippen LogP contribution in [0.1, 0.15) is 100 Å². The molecule has 0 radical (unpaired) electrons. The molecule has 0 saturated heterocycles. The van der Waals surface area contributed by atoms with Crippen molar-refractivity contribution in [1.82, 2.24) is 20.6 Å². The lowest BCUT2D eigenvalue weighted by atomic mass is 9.95. The van der Waals surface area contributed by atoms with E-state index in [1.807, 2.05) is 68.4 Å². The van der Waals surface area contributed by atoms with Gasteiger partial charge in [-0.05, 0) is 59.6 Å². The number of amides is 2. The highest BCUT2D eigenvalue weighted by Crippen LogP contribution is 2.30. The van der Waals surface area contributed by atoms with Crippen LogP contribution in [0.15, 0.2) is 73.1 Å². The van der Waals surface area contributed by atoms with Crippen molar-refractivity contribution in [2.24, 2.45) is 5.92 Å². The second-order valence-corrected chi connectivity index (χ2v) is 15.5. The minimum absolute atomic E-state index is 0.0556. The summed E-state index contributed by atoms with van der Waals surface area (Å²) in [4.78, 5) is 49.5. The molecule has 0 saturated carbocycles. The first-order valence-corrected chi connectivity index (χ1v) is 18.7. The normalized spacial score (nSPS) is 12.7. The van der Waals surface area contributed by atoms with Crippen molar-refractivity contribution in [3.63, 3.8) is 0 Å². The van der Waals surface area contributed by atoms with Gasteiger partial charge < -0.3 is 20.5 Å². The SMILES string of the molecule is CCCCCCCOc1ccc(-c2cnc(-c3ccc(CC(NC(=O)c4ccc(C(C)(C)C)s4)C(=O)N[C@@H](CC(C)C)C(=O)O)cc3)nc2)cc1. The average Bonchev–Trinajstić information content (AvgIpc) is 3.62. The van der Waals surface area contributed by atoms with Crippen LogP contribution in [-0.4, -0.2) is 51.5 Å². The van der Waals surface area contributed by atoms with Crippen molar-refractivity contribution < 1.29 is 24.2 Å². The van der Waals surface area contributed by atoms with E-state index in [4.69, 9.17) is 4.74 Å². The van der Waals surface area contributed by atoms with E-state index >= 15 is 0 Å². The van der Waals surface area contributed by atoms with Gasteiger partial charge in [0, 0.05) is 34.8 Å². The van der Waals surface area contributed by atoms with Gasteiger partial charge in [0.25, 0.3) is 5.91 Å². The molecule has 0 bridgehead atoms. The molecular weight excluding hydrogens is 661 g/mol. The summed E-state index contributed by atoms with van der Waals surface area (Å²) >= 11 is 1.38. The Hall–Kier alpha value is -4.57. The molecule has 2 atom stereocenters. The molecule has 2 heterocycles. The molecule has 10 heteroatoms. The predicted octanol–water partition coefficient (Wildman–Crippen LogP) is 8.48. The molecule has 0 aliphatic heterocycles. The third-order valence-corrected chi connectivity index (χ3v) is 10.0. The van der Waals surface area contributed by atoms with Crippen LogP contribution in [0.2, 0.25) is 0 Å². The Morgan fingerprint density at radius 3 is 2.04 bits per heavy atom. The van der Waals surface area contributed by atoms with Crippen LogP contribution in [-0.2, 0) is 21.4 Å². The van der Waals surface area contributed by atoms with Crippen LogP contribution in [0.25, 0.3) is 22.5 Å². The van der Waals surface area contributed by atoms with Crippen LogP contribution in [0.5, 0.6) is 5.75 Å². The lowest BCUT2D eigenvalue weighted by Crippen LogP contribution is -2.52. The number of aromatic nitrogens is 2. The van der Waals surface area contributed by atoms with Crippen molar-refractivity contribution in [2.45, 2.75) is 104 Å². The fourth-order valence-electron chi connectivity index (χ4n) is 5.56. The maximum Gasteiger partial charge on any atom is 0.326 e. The number of thiophene rings is 1. The monoisotopic (exact) mass is 712 g/mol. The van der Waals surface area contributed by atoms with E-state index < -0.39 is 24.0 Å². The first kappa shape index (κ1) is 39.2. The van der Waals surface area contributed by atoms with E-state index in [0.717, 1.165) is 45.9 Å². The number of hydrogen-bond donors (Lipinski definition) is 3. The number of ether oxygens (including phenoxy) is 1. The van der Waals surface area contributed by atoms with Gasteiger partial charge in [0.2, 0.25) is 5.91 Å². The Morgan fingerprint density at radius 2 is 1.45 bits per heavy atom. The largest absolute Gasteiger partial charge is 0.494 e. The van der Waals surface area contributed by atoms with Gasteiger partial charge in [-0.15, -0.1) is 11.3 Å². The Morgan fingerprint density at radius 1 is 0.804 bits per heavy atom. The van der Waals surface area contributed by atoms with E-state index in [-0.39, 0.29) is 30.1 Å². The molecule has 0 aliphatic rings. The molecule has 2 aromatic carbocycles. The van der Waals surface area contributed by atoms with E-state index in [1.165, 1.54) is 37.0 Å². The molecule has 0 spiro atoms. The van der Waals surface area contributed by atoms with Crippen molar-refractivity contribution in [3.8, 4) is 28.3 Å². The van der Waals surface area contributed by atoms with Gasteiger partial charge in [0.05, 0.1) is 11.5 Å². The van der Waals surface area contributed by atoms with E-state index in [9.17, 15) is 19.5 Å². The van der Waals surface area contributed by atoms with Gasteiger partial charge in [-0.25, -0.2) is 14.8 Å². The summed E-state index contributed by atoms with van der Waals surface area (Å²) in [6.07, 6.45) is 10.0. The zero-order valence-electron chi connectivity index (χ0n) is 30.7. The first-order chi connectivity index (χ1) is 24.3. The molecule has 0 aliphatic carbocycles. The van der Waals surface area contributed by atoms with Gasteiger partial charge in [-0.3, -0.25) is 9.59 Å². The van der Waals surface area contributed by atoms with Crippen LogP contribution >= 0.6 is 11.3 Å². The van der Waals surface area contributed by atoms with Gasteiger partial charge in [0.1, 0.15) is 17.8 Å². The lowest BCUT2D eigenvalue weighted by Gasteiger charge is -2.22. The number of aliphatic carboxylic acids is 1. The second kappa shape index (κ2) is 18.6. The van der Waals surface area contributed by atoms with E-state index in [0.29, 0.717) is 10.7 Å². The third-order valence-electron chi connectivity index (χ3n) is 8.52. The standard InChI is InChI=1S/C41H52N4O5S/c1-7-8-9-10-11-22-50-32-18-16-29(17-19-32)31-25-42-37(43-26-31)30-14-12-28(13-15-30)24-33(38(46)45-34(40(48)49)23-27(2)3)44-39(47)35-20-21-36(51-35)41(4,5)6/h12-21,25-27,33-34H,7-11,22-24H2,1-6H3,(H,44,47)(H,45,46)(H,48,49)/t33?,34-/m0/s1. The molecule has 272 valence electrons. The highest BCUT2D eigenvalue weighted by atomic mass is 32.1. The first-order valence-electron chi connectivity index (χ1n) is 17.9. The molecular formula is C41H52N4O5S. The number of carboxylic acid groups (broad SMARTS) is 1. The van der Waals surface area contributed by atoms with Gasteiger partial charge >= 0.3 is 5.97 Å². The van der Waals surface area contributed by atoms with Gasteiger partial charge in [0.15, 0.2) is 5.82 Å². The Balaban J connectivity index is 1.43. The summed E-state index contributed by atoms with van der Waals surface area (Å²) in [6, 6.07) is 17.1. The van der Waals surface area contributed by atoms with Crippen LogP contribution in [0.3, 0.4) is 0 Å². The number of carboxylic acids is 1. The van der Waals surface area contributed by atoms with Crippen LogP contribution < -0.4 is 15.4 Å². The maximum atomic E-state index is 13.5. The predicted molar refractivity (Wildman–Crippen MR) is 204 cm³/mol. The summed E-state index contributed by atoms with van der Waals surface area (Å²) in [7, 11) is 0. The average molecular weight is 713 g/mol. The summed E-state index contributed by atoms with van der Waals surface area (Å²) in [5, 5.41) is 15.3. The molecule has 4 rings (SSSR count). The van der Waals surface area contributed by atoms with Crippen molar-refractivity contribution in [2.75, 3.05) is 6.61 Å². The molecule has 51 heavy (non-hydrogen) atoms. The molecule has 0 fully saturated rings. The minimum Gasteiger partial charge on any atom is -0.494 e. The smallest absolute Gasteiger partial charge is 0.326 e. The molecule has 1 unspecified atom stereocenters. The van der Waals surface area contributed by atoms with Crippen molar-refractivity contribution >= 4 is 29.1 Å². The minimum atomic E-state index is -1.11. The highest BCUT2D eigenvalue weighted by molar-refractivity contribution is 7.14. The number of nitrogens with zero attached hydrogens (tertiary/aromatic N) is 2. The van der Waals surface area contributed by atoms with Gasteiger partial charge in [-0.1, -0.05) is 104 Å². The van der Waals surface area contributed by atoms with E-state index in [2.05, 4.69) is 48.3 Å². The fourth-order valence-corrected chi connectivity index (χ4v) is 6.52. The third kappa shape index (κ3) is 12.0. The summed E-state index contributed by atoms with van der Waals surface area (Å²) < 4.78 is 5.89. The summed E-state index contributed by atoms with van der Waals surface area (Å²) in [5.74, 6) is -0.573. The topological polar surface area (TPSA) is 131 Å². The number of rotatable bonds is 18.